The van der Waals surface area contributed by atoms with E-state index in [1.807, 2.05) is 32.0 Å². The van der Waals surface area contributed by atoms with Crippen LogP contribution in [0.5, 0.6) is 5.75 Å². The van der Waals surface area contributed by atoms with E-state index in [1.165, 1.54) is 20.7 Å². The molecule has 1 fully saturated rings. The second-order valence-electron chi connectivity index (χ2n) is 8.97. The fourth-order valence-electron chi connectivity index (χ4n) is 4.06. The van der Waals surface area contributed by atoms with E-state index in [1.54, 1.807) is 12.1 Å². The maximum atomic E-state index is 12.7. The van der Waals surface area contributed by atoms with Gasteiger partial charge in [-0.15, -0.1) is 0 Å². The third-order valence-electron chi connectivity index (χ3n) is 5.78. The van der Waals surface area contributed by atoms with Crippen LogP contribution in [0.4, 0.5) is 5.69 Å². The molecule has 1 heterocycles. The van der Waals surface area contributed by atoms with Gasteiger partial charge in [0.2, 0.25) is 26.0 Å². The number of sulfonamides is 2. The Morgan fingerprint density at radius 2 is 1.65 bits per heavy atom. The summed E-state index contributed by atoms with van der Waals surface area (Å²) in [6.45, 7) is 5.92. The van der Waals surface area contributed by atoms with Crippen molar-refractivity contribution in [3.8, 4) is 5.75 Å². The summed E-state index contributed by atoms with van der Waals surface area (Å²) in [5, 5.41) is 2.76. The van der Waals surface area contributed by atoms with Crippen LogP contribution in [0.15, 0.2) is 47.4 Å². The molecule has 1 aliphatic rings. The van der Waals surface area contributed by atoms with Crippen molar-refractivity contribution in [3.63, 3.8) is 0 Å². The number of nitrogens with zero attached hydrogens (tertiary/aromatic N) is 2. The predicted molar refractivity (Wildman–Crippen MR) is 142 cm³/mol. The average molecular weight is 554 g/mol. The number of nitrogens with one attached hydrogen (secondary N) is 1. The maximum absolute atomic E-state index is 12.7. The van der Waals surface area contributed by atoms with Crippen LogP contribution in [0.25, 0.3) is 0 Å². The minimum Gasteiger partial charge on any atom is -0.492 e. The van der Waals surface area contributed by atoms with Gasteiger partial charge in [0.15, 0.2) is 0 Å². The van der Waals surface area contributed by atoms with Crippen molar-refractivity contribution < 1.29 is 31.1 Å². The topological polar surface area (TPSA) is 122 Å². The van der Waals surface area contributed by atoms with Crippen molar-refractivity contribution in [2.24, 2.45) is 0 Å². The summed E-state index contributed by atoms with van der Waals surface area (Å²) in [5.74, 6) is 0.289. The maximum Gasteiger partial charge on any atom is 0.243 e. The van der Waals surface area contributed by atoms with E-state index in [9.17, 15) is 21.6 Å². The number of carbonyl (C=O) groups is 1. The van der Waals surface area contributed by atoms with E-state index in [2.05, 4.69) is 5.32 Å². The third kappa shape index (κ3) is 8.42. The van der Waals surface area contributed by atoms with Crippen LogP contribution >= 0.6 is 0 Å². The summed E-state index contributed by atoms with van der Waals surface area (Å²) >= 11 is 0. The van der Waals surface area contributed by atoms with Gasteiger partial charge < -0.3 is 14.8 Å². The zero-order valence-electron chi connectivity index (χ0n) is 21.5. The Bertz CT molecular complexity index is 1250. The molecule has 0 radical (unpaired) electrons. The van der Waals surface area contributed by atoms with Gasteiger partial charge in [-0.1, -0.05) is 6.07 Å². The fourth-order valence-corrected chi connectivity index (χ4v) is 6.41. The highest BCUT2D eigenvalue weighted by Gasteiger charge is 2.26. The largest absolute Gasteiger partial charge is 0.492 e. The molecule has 204 valence electrons. The van der Waals surface area contributed by atoms with Crippen LogP contribution in [0.2, 0.25) is 0 Å². The SMILES string of the molecule is Cc1cc(C)cc(N(CCCC(=O)NCCOc2ccc(S(=O)(=O)N3CCOCC3)cc2)S(C)(=O)=O)c1. The minimum absolute atomic E-state index is 0.172. The van der Waals surface area contributed by atoms with Crippen molar-refractivity contribution in [2.75, 3.05) is 56.6 Å². The molecule has 2 aromatic carbocycles. The van der Waals surface area contributed by atoms with Crippen LogP contribution in [-0.2, 0) is 29.6 Å². The standard InChI is InChI=1S/C25H35N3O7S2/c1-20-17-21(2)19-22(18-20)28(36(3,30)31)11-4-5-25(29)26-10-14-35-23-6-8-24(9-7-23)37(32,33)27-12-15-34-16-13-27/h6-9,17-19H,4-5,10-16H2,1-3H3,(H,26,29). The Labute approximate surface area is 219 Å². The summed E-state index contributed by atoms with van der Waals surface area (Å²) in [5.41, 5.74) is 2.53. The number of amides is 1. The van der Waals surface area contributed by atoms with Crippen molar-refractivity contribution in [1.29, 1.82) is 0 Å². The zero-order valence-corrected chi connectivity index (χ0v) is 23.1. The molecule has 12 heteroatoms. The first-order chi connectivity index (χ1) is 17.5. The number of aryl methyl sites for hydroxylation is 2. The zero-order chi connectivity index (χ0) is 27.1. The van der Waals surface area contributed by atoms with Gasteiger partial charge in [-0.2, -0.15) is 4.31 Å². The van der Waals surface area contributed by atoms with Gasteiger partial charge in [0, 0.05) is 26.1 Å². The highest BCUT2D eigenvalue weighted by molar-refractivity contribution is 7.92. The molecule has 2 aromatic rings. The van der Waals surface area contributed by atoms with Crippen molar-refractivity contribution >= 4 is 31.6 Å². The normalized spacial score (nSPS) is 14.8. The average Bonchev–Trinajstić information content (AvgIpc) is 2.84. The van der Waals surface area contributed by atoms with E-state index >= 15 is 0 Å². The molecule has 1 saturated heterocycles. The first kappa shape index (κ1) is 28.9. The number of carbonyl (C=O) groups excluding carboxylic acids is 1. The lowest BCUT2D eigenvalue weighted by atomic mass is 10.1. The summed E-state index contributed by atoms with van der Waals surface area (Å²) in [7, 11) is -7.05. The van der Waals surface area contributed by atoms with Crippen LogP contribution < -0.4 is 14.4 Å². The summed E-state index contributed by atoms with van der Waals surface area (Å²) < 4.78 is 63.5. The van der Waals surface area contributed by atoms with E-state index in [0.717, 1.165) is 17.4 Å². The Hall–Kier alpha value is -2.67. The number of hydrogen-bond donors (Lipinski definition) is 1. The summed E-state index contributed by atoms with van der Waals surface area (Å²) in [4.78, 5) is 12.4. The first-order valence-electron chi connectivity index (χ1n) is 12.1. The fraction of sp³-hybridized carbons (Fsp3) is 0.480. The number of benzene rings is 2. The van der Waals surface area contributed by atoms with Gasteiger partial charge >= 0.3 is 0 Å². The second-order valence-corrected chi connectivity index (χ2v) is 12.8. The molecular formula is C25H35N3O7S2. The molecule has 37 heavy (non-hydrogen) atoms. The first-order valence-corrected chi connectivity index (χ1v) is 15.4. The molecule has 0 aliphatic carbocycles. The third-order valence-corrected chi connectivity index (χ3v) is 8.89. The van der Waals surface area contributed by atoms with E-state index in [-0.39, 0.29) is 36.9 Å². The lowest BCUT2D eigenvalue weighted by Gasteiger charge is -2.26. The van der Waals surface area contributed by atoms with Gasteiger partial charge in [-0.25, -0.2) is 16.8 Å². The van der Waals surface area contributed by atoms with Gasteiger partial charge in [0.05, 0.1) is 36.6 Å². The molecule has 0 bridgehead atoms. The van der Waals surface area contributed by atoms with Crippen LogP contribution in [-0.4, -0.2) is 79.3 Å². The molecule has 0 saturated carbocycles. The predicted octanol–water partition coefficient (Wildman–Crippen LogP) is 2.07. The molecule has 1 aliphatic heterocycles. The number of ether oxygens (including phenoxy) is 2. The molecule has 1 amide bonds. The number of anilines is 1. The van der Waals surface area contributed by atoms with E-state index < -0.39 is 20.0 Å². The second kappa shape index (κ2) is 12.7. The van der Waals surface area contributed by atoms with E-state index in [4.69, 9.17) is 9.47 Å². The monoisotopic (exact) mass is 553 g/mol. The van der Waals surface area contributed by atoms with Crippen molar-refractivity contribution in [3.05, 3.63) is 53.6 Å². The van der Waals surface area contributed by atoms with Crippen molar-refractivity contribution in [1.82, 2.24) is 9.62 Å². The van der Waals surface area contributed by atoms with Gasteiger partial charge in [0.1, 0.15) is 12.4 Å². The Balaban J connectivity index is 1.41. The number of hydrogen-bond acceptors (Lipinski definition) is 7. The molecule has 0 unspecified atom stereocenters. The number of rotatable bonds is 12. The molecular weight excluding hydrogens is 518 g/mol. The van der Waals surface area contributed by atoms with Crippen LogP contribution in [0.3, 0.4) is 0 Å². The molecule has 1 N–H and O–H groups in total. The Morgan fingerprint density at radius 3 is 2.24 bits per heavy atom. The lowest BCUT2D eigenvalue weighted by Crippen LogP contribution is -2.40. The Kier molecular flexibility index (Phi) is 9.93. The summed E-state index contributed by atoms with van der Waals surface area (Å²) in [6.07, 6.45) is 1.70. The molecule has 0 atom stereocenters. The molecule has 3 rings (SSSR count). The van der Waals surface area contributed by atoms with Crippen LogP contribution in [0.1, 0.15) is 24.0 Å². The summed E-state index contributed by atoms with van der Waals surface area (Å²) in [6, 6.07) is 11.8. The van der Waals surface area contributed by atoms with E-state index in [0.29, 0.717) is 44.2 Å². The van der Waals surface area contributed by atoms with Gasteiger partial charge in [-0.3, -0.25) is 9.10 Å². The number of morpholine rings is 1. The molecule has 0 aromatic heterocycles. The lowest BCUT2D eigenvalue weighted by molar-refractivity contribution is -0.121. The Morgan fingerprint density at radius 1 is 1.03 bits per heavy atom. The minimum atomic E-state index is -3.56. The quantitative estimate of drug-likeness (QED) is 0.399. The molecule has 10 nitrogen and oxygen atoms in total. The smallest absolute Gasteiger partial charge is 0.243 e. The van der Waals surface area contributed by atoms with Gasteiger partial charge in [-0.05, 0) is 67.8 Å². The highest BCUT2D eigenvalue weighted by Crippen LogP contribution is 2.22. The van der Waals surface area contributed by atoms with Crippen molar-refractivity contribution in [2.45, 2.75) is 31.6 Å². The highest BCUT2D eigenvalue weighted by atomic mass is 32.2. The van der Waals surface area contributed by atoms with Gasteiger partial charge in [0.25, 0.3) is 0 Å². The van der Waals surface area contributed by atoms with Crippen LogP contribution in [0, 0.1) is 13.8 Å². The molecule has 0 spiro atoms.